The molecule has 0 spiro atoms. The van der Waals surface area contributed by atoms with E-state index >= 15 is 0 Å². The van der Waals surface area contributed by atoms with Crippen LogP contribution in [-0.2, 0) is 11.3 Å². The van der Waals surface area contributed by atoms with Crippen LogP contribution in [0.4, 0.5) is 10.7 Å². The van der Waals surface area contributed by atoms with E-state index in [9.17, 15) is 19.7 Å². The highest BCUT2D eigenvalue weighted by Crippen LogP contribution is 2.24. The lowest BCUT2D eigenvalue weighted by Crippen LogP contribution is -2.21. The van der Waals surface area contributed by atoms with E-state index in [0.29, 0.717) is 10.7 Å². The van der Waals surface area contributed by atoms with Gasteiger partial charge in [0.25, 0.3) is 5.91 Å². The van der Waals surface area contributed by atoms with Crippen LogP contribution in [0.25, 0.3) is 0 Å². The van der Waals surface area contributed by atoms with Crippen molar-refractivity contribution in [3.63, 3.8) is 0 Å². The first-order valence-electron chi connectivity index (χ1n) is 6.16. The van der Waals surface area contributed by atoms with Gasteiger partial charge in [0.1, 0.15) is 22.9 Å². The van der Waals surface area contributed by atoms with E-state index in [2.05, 4.69) is 10.4 Å². The van der Waals surface area contributed by atoms with Crippen LogP contribution in [0.5, 0.6) is 0 Å². The highest BCUT2D eigenvalue weighted by atomic mass is 32.1. The Morgan fingerprint density at radius 2 is 2.18 bits per heavy atom. The maximum atomic E-state index is 12.0. The number of nitrogens with two attached hydrogens (primary N) is 1. The second kappa shape index (κ2) is 5.93. The summed E-state index contributed by atoms with van der Waals surface area (Å²) in [4.78, 5) is 33.6. The molecule has 2 rings (SSSR count). The van der Waals surface area contributed by atoms with E-state index in [-0.39, 0.29) is 23.5 Å². The van der Waals surface area contributed by atoms with Crippen LogP contribution in [0.2, 0.25) is 0 Å². The molecule has 0 radical (unpaired) electrons. The Bertz CT molecular complexity index is 764. The molecule has 0 aliphatic rings. The van der Waals surface area contributed by atoms with Crippen LogP contribution in [0, 0.1) is 24.0 Å². The molecule has 3 N–H and O–H groups in total. The highest BCUT2D eigenvalue weighted by molar-refractivity contribution is 7.14. The highest BCUT2D eigenvalue weighted by Gasteiger charge is 2.23. The van der Waals surface area contributed by atoms with Gasteiger partial charge in [0.05, 0.1) is 10.5 Å². The largest absolute Gasteiger partial charge is 0.366 e. The molecule has 9 nitrogen and oxygen atoms in total. The fourth-order valence-electron chi connectivity index (χ4n) is 2.01. The van der Waals surface area contributed by atoms with Crippen molar-refractivity contribution in [1.29, 1.82) is 0 Å². The van der Waals surface area contributed by atoms with Gasteiger partial charge < -0.3 is 11.1 Å². The molecule has 116 valence electrons. The topological polar surface area (TPSA) is 133 Å². The standard InChI is InChI=1S/C12H13N5O4S/c1-6-10(17(20)21)7(2)16(15-6)5-9(18)14-12-8(11(13)19)3-4-22-12/h3-4H,5H2,1-2H3,(H2,13,19)(H,14,18). The third kappa shape index (κ3) is 2.96. The number of anilines is 1. The monoisotopic (exact) mass is 323 g/mol. The number of rotatable bonds is 5. The van der Waals surface area contributed by atoms with Crippen LogP contribution >= 0.6 is 11.3 Å². The molecule has 10 heteroatoms. The molecule has 0 unspecified atom stereocenters. The SMILES string of the molecule is Cc1nn(CC(=O)Nc2sccc2C(N)=O)c(C)c1[N+](=O)[O-]. The molecule has 0 fully saturated rings. The first-order valence-corrected chi connectivity index (χ1v) is 7.04. The van der Waals surface area contributed by atoms with Gasteiger partial charge in [0.15, 0.2) is 0 Å². The third-order valence-electron chi connectivity index (χ3n) is 3.00. The quantitative estimate of drug-likeness (QED) is 0.630. The summed E-state index contributed by atoms with van der Waals surface area (Å²) in [5, 5.41) is 19.4. The zero-order chi connectivity index (χ0) is 16.4. The lowest BCUT2D eigenvalue weighted by molar-refractivity contribution is -0.386. The Morgan fingerprint density at radius 3 is 2.73 bits per heavy atom. The van der Waals surface area contributed by atoms with Crippen LogP contribution in [0.15, 0.2) is 11.4 Å². The number of carbonyl (C=O) groups excluding carboxylic acids is 2. The molecule has 0 aliphatic heterocycles. The number of aromatic nitrogens is 2. The van der Waals surface area contributed by atoms with Crippen LogP contribution in [0.1, 0.15) is 21.7 Å². The molecule has 0 aliphatic carbocycles. The minimum Gasteiger partial charge on any atom is -0.366 e. The Morgan fingerprint density at radius 1 is 1.50 bits per heavy atom. The van der Waals surface area contributed by atoms with Crippen LogP contribution in [0.3, 0.4) is 0 Å². The molecular weight excluding hydrogens is 310 g/mol. The number of primary amides is 1. The van der Waals surface area contributed by atoms with Gasteiger partial charge >= 0.3 is 5.69 Å². The molecule has 22 heavy (non-hydrogen) atoms. The van der Waals surface area contributed by atoms with Crippen LogP contribution in [-0.4, -0.2) is 26.5 Å². The number of hydrogen-bond acceptors (Lipinski definition) is 6. The zero-order valence-corrected chi connectivity index (χ0v) is 12.6. The number of hydrogen-bond donors (Lipinski definition) is 2. The Labute approximate surface area is 128 Å². The number of amides is 2. The Kier molecular flexibility index (Phi) is 4.22. The van der Waals surface area contributed by atoms with Crippen molar-refractivity contribution in [2.75, 3.05) is 5.32 Å². The summed E-state index contributed by atoms with van der Waals surface area (Å²) in [5.74, 6) is -1.09. The predicted octanol–water partition coefficient (Wildman–Crippen LogP) is 1.21. The molecule has 2 amide bonds. The summed E-state index contributed by atoms with van der Waals surface area (Å²) in [6.45, 7) is 2.83. The molecular formula is C12H13N5O4S. The van der Waals surface area contributed by atoms with Crippen molar-refractivity contribution in [1.82, 2.24) is 9.78 Å². The lowest BCUT2D eigenvalue weighted by Gasteiger charge is -2.05. The van der Waals surface area contributed by atoms with Crippen molar-refractivity contribution < 1.29 is 14.5 Å². The number of aryl methyl sites for hydroxylation is 1. The van der Waals surface area contributed by atoms with E-state index in [4.69, 9.17) is 5.73 Å². The van der Waals surface area contributed by atoms with Crippen molar-refractivity contribution in [3.8, 4) is 0 Å². The second-order valence-electron chi connectivity index (χ2n) is 4.51. The van der Waals surface area contributed by atoms with Gasteiger partial charge in [-0.05, 0) is 25.3 Å². The van der Waals surface area contributed by atoms with E-state index < -0.39 is 16.7 Å². The van der Waals surface area contributed by atoms with Gasteiger partial charge in [-0.1, -0.05) is 0 Å². The number of nitrogens with one attached hydrogen (secondary N) is 1. The van der Waals surface area contributed by atoms with Crippen molar-refractivity contribution in [2.45, 2.75) is 20.4 Å². The van der Waals surface area contributed by atoms with E-state index in [1.807, 2.05) is 0 Å². The maximum absolute atomic E-state index is 12.0. The van der Waals surface area contributed by atoms with Gasteiger partial charge in [0, 0.05) is 0 Å². The third-order valence-corrected chi connectivity index (χ3v) is 3.83. The molecule has 2 aromatic rings. The normalized spacial score (nSPS) is 10.5. The summed E-state index contributed by atoms with van der Waals surface area (Å²) in [5.41, 5.74) is 5.83. The van der Waals surface area contributed by atoms with Crippen molar-refractivity contribution in [2.24, 2.45) is 5.73 Å². The van der Waals surface area contributed by atoms with Gasteiger partial charge in [0.2, 0.25) is 5.91 Å². The average Bonchev–Trinajstić information content (AvgIpc) is 2.95. The first kappa shape index (κ1) is 15.6. The maximum Gasteiger partial charge on any atom is 0.312 e. The summed E-state index contributed by atoms with van der Waals surface area (Å²) in [7, 11) is 0. The second-order valence-corrected chi connectivity index (χ2v) is 5.43. The number of nitro groups is 1. The Balaban J connectivity index is 2.16. The van der Waals surface area contributed by atoms with Gasteiger partial charge in [-0.15, -0.1) is 11.3 Å². The fraction of sp³-hybridized carbons (Fsp3) is 0.250. The van der Waals surface area contributed by atoms with Gasteiger partial charge in [-0.3, -0.25) is 24.4 Å². The van der Waals surface area contributed by atoms with E-state index in [1.165, 1.54) is 24.6 Å². The average molecular weight is 323 g/mol. The smallest absolute Gasteiger partial charge is 0.312 e. The lowest BCUT2D eigenvalue weighted by atomic mass is 10.3. The molecule has 2 heterocycles. The van der Waals surface area contributed by atoms with E-state index in [0.717, 1.165) is 11.3 Å². The number of nitrogens with zero attached hydrogens (tertiary/aromatic N) is 3. The summed E-state index contributed by atoms with van der Waals surface area (Å²) < 4.78 is 1.25. The molecule has 0 aromatic carbocycles. The molecule has 2 aromatic heterocycles. The zero-order valence-electron chi connectivity index (χ0n) is 11.8. The minimum absolute atomic E-state index is 0.109. The molecule has 0 atom stereocenters. The summed E-state index contributed by atoms with van der Waals surface area (Å²) >= 11 is 1.16. The number of carbonyl (C=O) groups is 2. The van der Waals surface area contributed by atoms with Crippen molar-refractivity contribution >= 4 is 33.8 Å². The van der Waals surface area contributed by atoms with Gasteiger partial charge in [-0.2, -0.15) is 5.10 Å². The van der Waals surface area contributed by atoms with Crippen molar-refractivity contribution in [3.05, 3.63) is 38.5 Å². The first-order chi connectivity index (χ1) is 10.3. The summed E-state index contributed by atoms with van der Waals surface area (Å²) in [6.07, 6.45) is 0. The Hall–Kier alpha value is -2.75. The number of thiophene rings is 1. The van der Waals surface area contributed by atoms with Gasteiger partial charge in [-0.25, -0.2) is 0 Å². The fourth-order valence-corrected chi connectivity index (χ4v) is 2.82. The summed E-state index contributed by atoms with van der Waals surface area (Å²) in [6, 6.07) is 1.51. The molecule has 0 bridgehead atoms. The van der Waals surface area contributed by atoms with Crippen LogP contribution < -0.4 is 11.1 Å². The van der Waals surface area contributed by atoms with E-state index in [1.54, 1.807) is 5.38 Å². The molecule has 0 saturated carbocycles. The molecule has 0 saturated heterocycles. The minimum atomic E-state index is -0.640. The predicted molar refractivity (Wildman–Crippen MR) is 79.8 cm³/mol.